The summed E-state index contributed by atoms with van der Waals surface area (Å²) in [4.78, 5) is 2.35. The van der Waals surface area contributed by atoms with Crippen LogP contribution in [-0.4, -0.2) is 37.6 Å². The maximum absolute atomic E-state index is 6.07. The molecule has 1 saturated heterocycles. The predicted octanol–water partition coefficient (Wildman–Crippen LogP) is 1.11. The van der Waals surface area contributed by atoms with Gasteiger partial charge in [0.15, 0.2) is 0 Å². The molecule has 11 heavy (non-hydrogen) atoms. The van der Waals surface area contributed by atoms with Crippen molar-refractivity contribution in [3.63, 3.8) is 0 Å². The number of hydrogen-bond acceptors (Lipinski definition) is 2. The standard InChI is InChI=1S/C8H17ClN2/c1-10-8(9)7-4-3-5-11(2)6-7/h7-8,10H,3-6H2,1-2H3. The molecule has 1 fully saturated rings. The fourth-order valence-electron chi connectivity index (χ4n) is 1.68. The Labute approximate surface area is 73.9 Å². The zero-order chi connectivity index (χ0) is 8.27. The van der Waals surface area contributed by atoms with Crippen molar-refractivity contribution in [1.82, 2.24) is 10.2 Å². The first kappa shape index (κ1) is 9.30. The zero-order valence-electron chi connectivity index (χ0n) is 7.31. The number of likely N-dealkylation sites (tertiary alicyclic amines) is 1. The number of piperidine rings is 1. The van der Waals surface area contributed by atoms with Gasteiger partial charge < -0.3 is 10.2 Å². The predicted molar refractivity (Wildman–Crippen MR) is 48.9 cm³/mol. The van der Waals surface area contributed by atoms with Crippen molar-refractivity contribution < 1.29 is 0 Å². The van der Waals surface area contributed by atoms with Crippen molar-refractivity contribution >= 4 is 11.6 Å². The summed E-state index contributed by atoms with van der Waals surface area (Å²) in [5.74, 6) is 0.625. The van der Waals surface area contributed by atoms with E-state index in [1.807, 2.05) is 7.05 Å². The quantitative estimate of drug-likeness (QED) is 0.501. The molecule has 0 aromatic heterocycles. The average molecular weight is 177 g/mol. The number of rotatable bonds is 2. The van der Waals surface area contributed by atoms with Gasteiger partial charge in [0.1, 0.15) is 0 Å². The van der Waals surface area contributed by atoms with Gasteiger partial charge in [-0.2, -0.15) is 0 Å². The second-order valence-electron chi connectivity index (χ2n) is 3.35. The van der Waals surface area contributed by atoms with E-state index < -0.39 is 0 Å². The molecule has 0 saturated carbocycles. The first-order chi connectivity index (χ1) is 5.24. The Bertz CT molecular complexity index is 119. The molecule has 2 unspecified atom stereocenters. The van der Waals surface area contributed by atoms with Crippen LogP contribution in [0.5, 0.6) is 0 Å². The summed E-state index contributed by atoms with van der Waals surface area (Å²) in [7, 11) is 4.08. The van der Waals surface area contributed by atoms with E-state index in [-0.39, 0.29) is 5.50 Å². The Kier molecular flexibility index (Phi) is 3.63. The number of hydrogen-bond donors (Lipinski definition) is 1. The lowest BCUT2D eigenvalue weighted by Crippen LogP contribution is -2.40. The van der Waals surface area contributed by atoms with Crippen molar-refractivity contribution in [2.75, 3.05) is 27.2 Å². The van der Waals surface area contributed by atoms with Gasteiger partial charge in [0.25, 0.3) is 0 Å². The SMILES string of the molecule is CNC(Cl)C1CCCN(C)C1. The smallest absolute Gasteiger partial charge is 0.0863 e. The average Bonchev–Trinajstić information content (AvgIpc) is 2.03. The van der Waals surface area contributed by atoms with Gasteiger partial charge in [0.2, 0.25) is 0 Å². The monoisotopic (exact) mass is 176 g/mol. The van der Waals surface area contributed by atoms with E-state index in [0.29, 0.717) is 5.92 Å². The number of nitrogens with one attached hydrogen (secondary N) is 1. The number of nitrogens with zero attached hydrogens (tertiary/aromatic N) is 1. The molecule has 1 aliphatic heterocycles. The van der Waals surface area contributed by atoms with Crippen LogP contribution in [0, 0.1) is 5.92 Å². The minimum Gasteiger partial charge on any atom is -0.306 e. The highest BCUT2D eigenvalue weighted by Crippen LogP contribution is 2.20. The molecule has 0 aromatic rings. The third-order valence-corrected chi connectivity index (χ3v) is 2.93. The maximum atomic E-state index is 6.07. The van der Waals surface area contributed by atoms with E-state index >= 15 is 0 Å². The lowest BCUT2D eigenvalue weighted by molar-refractivity contribution is 0.199. The fraction of sp³-hybridized carbons (Fsp3) is 1.00. The number of halogens is 1. The molecule has 0 aliphatic carbocycles. The van der Waals surface area contributed by atoms with Crippen LogP contribution in [0.25, 0.3) is 0 Å². The Hall–Kier alpha value is 0.210. The van der Waals surface area contributed by atoms with Crippen LogP contribution < -0.4 is 5.32 Å². The van der Waals surface area contributed by atoms with Gasteiger partial charge in [-0.1, -0.05) is 0 Å². The third-order valence-electron chi connectivity index (χ3n) is 2.35. The molecule has 0 spiro atoms. The normalized spacial score (nSPS) is 30.3. The molecule has 2 nitrogen and oxygen atoms in total. The molecular weight excluding hydrogens is 160 g/mol. The number of alkyl halides is 1. The van der Waals surface area contributed by atoms with Crippen molar-refractivity contribution in [2.24, 2.45) is 5.92 Å². The van der Waals surface area contributed by atoms with Crippen LogP contribution in [-0.2, 0) is 0 Å². The molecule has 1 aliphatic rings. The second-order valence-corrected chi connectivity index (χ2v) is 3.83. The van der Waals surface area contributed by atoms with Crippen molar-refractivity contribution in [2.45, 2.75) is 18.3 Å². The van der Waals surface area contributed by atoms with E-state index in [4.69, 9.17) is 11.6 Å². The van der Waals surface area contributed by atoms with Crippen molar-refractivity contribution in [3.05, 3.63) is 0 Å². The van der Waals surface area contributed by atoms with Gasteiger partial charge in [0.05, 0.1) is 5.50 Å². The summed E-state index contributed by atoms with van der Waals surface area (Å²) >= 11 is 6.07. The topological polar surface area (TPSA) is 15.3 Å². The first-order valence-electron chi connectivity index (χ1n) is 4.24. The van der Waals surface area contributed by atoms with E-state index in [2.05, 4.69) is 17.3 Å². The van der Waals surface area contributed by atoms with E-state index in [1.54, 1.807) is 0 Å². The van der Waals surface area contributed by atoms with Crippen LogP contribution in [0.3, 0.4) is 0 Å². The van der Waals surface area contributed by atoms with Gasteiger partial charge >= 0.3 is 0 Å². The lowest BCUT2D eigenvalue weighted by atomic mass is 9.98. The highest BCUT2D eigenvalue weighted by Gasteiger charge is 2.22. The summed E-state index contributed by atoms with van der Waals surface area (Å²) in [5, 5.41) is 3.09. The fourth-order valence-corrected chi connectivity index (χ4v) is 1.89. The van der Waals surface area contributed by atoms with E-state index in [0.717, 1.165) is 6.54 Å². The van der Waals surface area contributed by atoms with Crippen molar-refractivity contribution in [1.29, 1.82) is 0 Å². The van der Waals surface area contributed by atoms with E-state index in [9.17, 15) is 0 Å². The van der Waals surface area contributed by atoms with Crippen LogP contribution in [0.1, 0.15) is 12.8 Å². The van der Waals surface area contributed by atoms with E-state index in [1.165, 1.54) is 19.4 Å². The highest BCUT2D eigenvalue weighted by molar-refractivity contribution is 6.20. The molecule has 1 N–H and O–H groups in total. The summed E-state index contributed by atoms with van der Waals surface area (Å²) in [5.41, 5.74) is 0.151. The highest BCUT2D eigenvalue weighted by atomic mass is 35.5. The molecular formula is C8H17ClN2. The molecule has 0 aromatic carbocycles. The van der Waals surface area contributed by atoms with Gasteiger partial charge in [0, 0.05) is 12.5 Å². The van der Waals surface area contributed by atoms with Crippen LogP contribution in [0.2, 0.25) is 0 Å². The summed E-state index contributed by atoms with van der Waals surface area (Å²) in [6.45, 7) is 2.36. The molecule has 0 amide bonds. The Balaban J connectivity index is 2.33. The molecule has 2 atom stereocenters. The summed E-state index contributed by atoms with van der Waals surface area (Å²) in [6, 6.07) is 0. The Morgan fingerprint density at radius 2 is 2.36 bits per heavy atom. The summed E-state index contributed by atoms with van der Waals surface area (Å²) in [6.07, 6.45) is 2.55. The molecule has 1 rings (SSSR count). The minimum atomic E-state index is 0.151. The van der Waals surface area contributed by atoms with Crippen LogP contribution in [0.15, 0.2) is 0 Å². The maximum Gasteiger partial charge on any atom is 0.0863 e. The zero-order valence-corrected chi connectivity index (χ0v) is 8.06. The molecule has 66 valence electrons. The third kappa shape index (κ3) is 2.62. The van der Waals surface area contributed by atoms with Gasteiger partial charge in [-0.3, -0.25) is 0 Å². The molecule has 1 heterocycles. The molecule has 0 radical (unpaired) electrons. The van der Waals surface area contributed by atoms with Gasteiger partial charge in [-0.25, -0.2) is 0 Å². The van der Waals surface area contributed by atoms with Gasteiger partial charge in [-0.15, -0.1) is 11.6 Å². The van der Waals surface area contributed by atoms with Gasteiger partial charge in [-0.05, 0) is 33.5 Å². The largest absolute Gasteiger partial charge is 0.306 e. The lowest BCUT2D eigenvalue weighted by Gasteiger charge is -2.32. The van der Waals surface area contributed by atoms with Crippen molar-refractivity contribution in [3.8, 4) is 0 Å². The first-order valence-corrected chi connectivity index (χ1v) is 4.67. The Morgan fingerprint density at radius 3 is 2.91 bits per heavy atom. The second kappa shape index (κ2) is 4.29. The summed E-state index contributed by atoms with van der Waals surface area (Å²) < 4.78 is 0. The minimum absolute atomic E-state index is 0.151. The van der Waals surface area contributed by atoms with Crippen LogP contribution >= 0.6 is 11.6 Å². The van der Waals surface area contributed by atoms with Crippen LogP contribution in [0.4, 0.5) is 0 Å². The molecule has 3 heteroatoms. The Morgan fingerprint density at radius 1 is 1.64 bits per heavy atom. The molecule has 0 bridgehead atoms.